The van der Waals surface area contributed by atoms with Crippen LogP contribution in [0.1, 0.15) is 32.4 Å². The Hall–Kier alpha value is -9.04. The molecule has 0 fully saturated rings. The number of benzene rings is 9. The van der Waals surface area contributed by atoms with Gasteiger partial charge in [-0.1, -0.05) is 135 Å². The fourth-order valence-electron chi connectivity index (χ4n) is 10.7. The minimum atomic E-state index is -3.77. The average molecular weight is 1020 g/mol. The van der Waals surface area contributed by atoms with Gasteiger partial charge in [-0.3, -0.25) is 13.5 Å². The summed E-state index contributed by atoms with van der Waals surface area (Å²) in [7, 11) is -7.52. The van der Waals surface area contributed by atoms with E-state index in [1.54, 1.807) is 48.5 Å². The zero-order valence-corrected chi connectivity index (χ0v) is 41.8. The van der Waals surface area contributed by atoms with E-state index in [4.69, 9.17) is 21.8 Å². The van der Waals surface area contributed by atoms with Crippen molar-refractivity contribution >= 4 is 69.3 Å². The van der Waals surface area contributed by atoms with Crippen molar-refractivity contribution in [1.29, 1.82) is 0 Å². The summed E-state index contributed by atoms with van der Waals surface area (Å²) in [5.41, 5.74) is 12.1. The van der Waals surface area contributed by atoms with Gasteiger partial charge in [-0.25, -0.2) is 36.8 Å². The lowest BCUT2D eigenvalue weighted by molar-refractivity contribution is 0.592. The van der Waals surface area contributed by atoms with Crippen molar-refractivity contribution in [2.45, 2.75) is 46.3 Å². The molecule has 13 heteroatoms. The predicted molar refractivity (Wildman–Crippen MR) is 295 cm³/mol. The van der Waals surface area contributed by atoms with Gasteiger partial charge in [0.1, 0.15) is 23.1 Å². The molecule has 15 rings (SSSR count). The molecule has 4 aromatic heterocycles. The van der Waals surface area contributed by atoms with Crippen molar-refractivity contribution < 1.29 is 23.7 Å². The first-order valence-corrected chi connectivity index (χ1v) is 27.4. The van der Waals surface area contributed by atoms with Crippen molar-refractivity contribution in [2.24, 2.45) is 0 Å². The molecule has 6 heterocycles. The average Bonchev–Trinajstić information content (AvgIpc) is 3.42. The van der Waals surface area contributed by atoms with Crippen molar-refractivity contribution in [3.8, 4) is 56.1 Å². The first-order chi connectivity index (χ1) is 38.7. The summed E-state index contributed by atoms with van der Waals surface area (Å²) < 4.78 is 101. The molecule has 0 amide bonds. The van der Waals surface area contributed by atoms with Crippen LogP contribution in [-0.2, 0) is 32.5 Å². The van der Waals surface area contributed by atoms with Gasteiger partial charge in [0.05, 0.1) is 76.4 Å². The highest BCUT2D eigenvalue weighted by Gasteiger charge is 2.35. The van der Waals surface area contributed by atoms with Gasteiger partial charge in [0.25, 0.3) is 0 Å². The van der Waals surface area contributed by atoms with E-state index in [-0.39, 0.29) is 49.3 Å². The number of aromatic nitrogens is 7. The SMILES string of the molecule is CCc1nc2cccc3c2n1-c1ccc(-c2nc4ccccc4c4nc5ccccc5n24)cc1S3(=O)=O.[2H]c1c([2H])c([2H])c(-c2ccc(-c3ccc(-c4ccc5c(c4)S(=O)(=O)c4cccc6nc(CC)n-5c46)cc3)cc2)c([2H])c1[2H]. The Morgan fingerprint density at radius 2 is 0.893 bits per heavy atom. The fraction of sp³-hybridized carbons (Fsp3) is 0.0645. The van der Waals surface area contributed by atoms with Crippen LogP contribution in [0, 0.1) is 0 Å². The molecule has 0 atom stereocenters. The predicted octanol–water partition coefficient (Wildman–Crippen LogP) is 13.5. The smallest absolute Gasteiger partial charge is 0.210 e. The Morgan fingerprint density at radius 1 is 0.427 bits per heavy atom. The van der Waals surface area contributed by atoms with Crippen molar-refractivity contribution in [2.75, 3.05) is 0 Å². The van der Waals surface area contributed by atoms with E-state index in [2.05, 4.69) is 4.98 Å². The summed E-state index contributed by atoms with van der Waals surface area (Å²) in [5, 5.41) is 0.940. The lowest BCUT2D eigenvalue weighted by Crippen LogP contribution is -2.16. The zero-order valence-electron chi connectivity index (χ0n) is 45.2. The van der Waals surface area contributed by atoms with Gasteiger partial charge in [0.2, 0.25) is 19.7 Å². The van der Waals surface area contributed by atoms with Crippen LogP contribution in [0.3, 0.4) is 0 Å². The normalized spacial score (nSPS) is 14.7. The van der Waals surface area contributed by atoms with Gasteiger partial charge in [-0.2, -0.15) is 0 Å². The van der Waals surface area contributed by atoms with E-state index in [0.29, 0.717) is 63.2 Å². The Bertz CT molecular complexity index is 5050. The second-order valence-corrected chi connectivity index (χ2v) is 22.2. The molecule has 0 saturated carbocycles. The summed E-state index contributed by atoms with van der Waals surface area (Å²) in [6, 6.07) is 50.8. The number of fused-ring (bicyclic) bond motifs is 9. The fourth-order valence-corrected chi connectivity index (χ4v) is 14.0. The van der Waals surface area contributed by atoms with Crippen LogP contribution in [0.5, 0.6) is 0 Å². The van der Waals surface area contributed by atoms with Crippen LogP contribution in [-0.4, -0.2) is 50.3 Å². The summed E-state index contributed by atoms with van der Waals surface area (Å²) in [5.74, 6) is 2.29. The van der Waals surface area contributed by atoms with Gasteiger partial charge >= 0.3 is 0 Å². The second-order valence-electron chi connectivity index (χ2n) is 18.4. The largest absolute Gasteiger partial charge is 0.294 e. The Kier molecular flexibility index (Phi) is 8.82. The summed E-state index contributed by atoms with van der Waals surface area (Å²) >= 11 is 0. The molecule has 0 spiro atoms. The minimum absolute atomic E-state index is 0.167. The van der Waals surface area contributed by atoms with Gasteiger partial charge in [-0.15, -0.1) is 0 Å². The molecule has 75 heavy (non-hydrogen) atoms. The van der Waals surface area contributed by atoms with E-state index in [0.717, 1.165) is 61.5 Å². The van der Waals surface area contributed by atoms with Gasteiger partial charge in [0, 0.05) is 23.8 Å². The molecule has 0 saturated heterocycles. The standard InChI is InChI=1S/C33H24N2O2S.C29H19N5O2S/c1-2-32-34-28-9-6-10-30-33(28)35(32)29-20-19-27(21-31(29)38(30,36)37)26-17-15-25(16-18-26)24-13-11-23(12-14-24)22-7-4-3-5-8-22;1-2-26-30-21-11-7-13-24-27(21)33(26)23-15-14-17(16-25(23)37(24,35)36)28-31-19-9-4-3-8-18(19)29-32-20-10-5-6-12-22(20)34(28)29/h3-21H,2H2,1H3;3-16H,2H2,1H3/i3D,4D,5D,7D,8D;. The molecular weight excluding hydrogens is 971 g/mol. The molecule has 13 aromatic rings. The van der Waals surface area contributed by atoms with Gasteiger partial charge in [-0.05, 0) is 112 Å². The number of sulfone groups is 2. The van der Waals surface area contributed by atoms with E-state index in [1.807, 2.05) is 149 Å². The maximum Gasteiger partial charge on any atom is 0.210 e. The van der Waals surface area contributed by atoms with Crippen LogP contribution >= 0.6 is 0 Å². The van der Waals surface area contributed by atoms with E-state index in [1.165, 1.54) is 0 Å². The number of hydrogen-bond acceptors (Lipinski definition) is 8. The lowest BCUT2D eigenvalue weighted by atomic mass is 9.98. The molecule has 11 nitrogen and oxygen atoms in total. The number of nitrogens with zero attached hydrogens (tertiary/aromatic N) is 7. The third-order valence-electron chi connectivity index (χ3n) is 14.2. The highest BCUT2D eigenvalue weighted by Crippen LogP contribution is 2.43. The first-order valence-electron chi connectivity index (χ1n) is 26.9. The third-order valence-corrected chi connectivity index (χ3v) is 17.9. The van der Waals surface area contributed by atoms with Crippen LogP contribution in [0.25, 0.3) is 106 Å². The first kappa shape index (κ1) is 39.5. The Labute approximate surface area is 438 Å². The number of aryl methyl sites for hydroxylation is 2. The van der Waals surface area contributed by atoms with Crippen LogP contribution < -0.4 is 0 Å². The topological polar surface area (TPSA) is 134 Å². The maximum absolute atomic E-state index is 13.9. The monoisotopic (exact) mass is 1020 g/mol. The molecule has 2 aliphatic rings. The van der Waals surface area contributed by atoms with Crippen LogP contribution in [0.4, 0.5) is 0 Å². The number of hydrogen-bond donors (Lipinski definition) is 0. The van der Waals surface area contributed by atoms with E-state index in [9.17, 15) is 16.8 Å². The highest BCUT2D eigenvalue weighted by molar-refractivity contribution is 7.92. The summed E-state index contributed by atoms with van der Waals surface area (Å²) in [6.07, 6.45) is 1.35. The van der Waals surface area contributed by atoms with Gasteiger partial charge in [0.15, 0.2) is 0 Å². The maximum atomic E-state index is 13.9. The number of rotatable bonds is 6. The Balaban J connectivity index is 0.000000146. The molecule has 0 radical (unpaired) electrons. The highest BCUT2D eigenvalue weighted by atomic mass is 32.2. The van der Waals surface area contributed by atoms with E-state index >= 15 is 0 Å². The number of imidazole rings is 3. The van der Waals surface area contributed by atoms with Crippen molar-refractivity contribution in [3.05, 3.63) is 212 Å². The molecular formula is C62H43N7O4S2. The molecule has 362 valence electrons. The molecule has 0 bridgehead atoms. The summed E-state index contributed by atoms with van der Waals surface area (Å²) in [4.78, 5) is 20.4. The molecule has 2 aliphatic heterocycles. The van der Waals surface area contributed by atoms with Crippen molar-refractivity contribution in [1.82, 2.24) is 33.5 Å². The third kappa shape index (κ3) is 6.77. The minimum Gasteiger partial charge on any atom is -0.294 e. The molecule has 0 unspecified atom stereocenters. The quantitative estimate of drug-likeness (QED) is 0.161. The second kappa shape index (κ2) is 16.7. The van der Waals surface area contributed by atoms with Crippen LogP contribution in [0.15, 0.2) is 220 Å². The molecule has 9 aromatic carbocycles. The lowest BCUT2D eigenvalue weighted by Gasteiger charge is -2.21. The molecule has 0 aliphatic carbocycles. The van der Waals surface area contributed by atoms with Crippen LogP contribution in [0.2, 0.25) is 0 Å². The van der Waals surface area contributed by atoms with E-state index < -0.39 is 25.7 Å². The van der Waals surface area contributed by atoms with Crippen molar-refractivity contribution in [3.63, 3.8) is 0 Å². The Morgan fingerprint density at radius 3 is 1.47 bits per heavy atom. The summed E-state index contributed by atoms with van der Waals surface area (Å²) in [6.45, 7) is 4.04. The molecule has 0 N–H and O–H groups in total. The van der Waals surface area contributed by atoms with Gasteiger partial charge < -0.3 is 0 Å². The zero-order chi connectivity index (χ0) is 55.1. The number of para-hydroxylation sites is 5.